The molecule has 1 atom stereocenters. The Kier molecular flexibility index (Phi) is 7.20. The van der Waals surface area contributed by atoms with Crippen LogP contribution in [0.15, 0.2) is 54.6 Å². The molecule has 148 valence electrons. The minimum atomic E-state index is -0.222. The molecule has 1 fully saturated rings. The molecule has 2 aromatic carbocycles. The van der Waals surface area contributed by atoms with Crippen molar-refractivity contribution >= 4 is 17.5 Å². The first-order valence-electron chi connectivity index (χ1n) is 10.1. The van der Waals surface area contributed by atoms with Crippen LogP contribution in [0.3, 0.4) is 0 Å². The standard InChI is InChI=1S/C23H29N3O2/c1-18-10-7-8-16-26(18)17-9-15-24-23(28)20-13-5-6-14-21(20)25-22(27)19-11-3-2-4-12-19/h2-6,11-14,18H,7-10,15-17H2,1H3,(H,24,28)(H,25,27)/t18-/m0/s1. The molecule has 0 saturated carbocycles. The number of amides is 2. The van der Waals surface area contributed by atoms with Crippen molar-refractivity contribution in [2.24, 2.45) is 0 Å². The average molecular weight is 380 g/mol. The average Bonchev–Trinajstić information content (AvgIpc) is 2.73. The molecule has 0 radical (unpaired) electrons. The van der Waals surface area contributed by atoms with Gasteiger partial charge < -0.3 is 15.5 Å². The Morgan fingerprint density at radius 2 is 1.75 bits per heavy atom. The van der Waals surface area contributed by atoms with Gasteiger partial charge in [-0.1, -0.05) is 36.8 Å². The summed E-state index contributed by atoms with van der Waals surface area (Å²) in [5.41, 5.74) is 1.57. The summed E-state index contributed by atoms with van der Waals surface area (Å²) in [6, 6.07) is 16.7. The zero-order valence-electron chi connectivity index (χ0n) is 16.5. The summed E-state index contributed by atoms with van der Waals surface area (Å²) in [6.45, 7) is 5.07. The number of carbonyl (C=O) groups is 2. The van der Waals surface area contributed by atoms with E-state index in [1.807, 2.05) is 30.3 Å². The predicted octanol–water partition coefficient (Wildman–Crippen LogP) is 3.93. The summed E-state index contributed by atoms with van der Waals surface area (Å²) < 4.78 is 0. The predicted molar refractivity (Wildman–Crippen MR) is 113 cm³/mol. The molecule has 1 heterocycles. The van der Waals surface area contributed by atoms with E-state index in [-0.39, 0.29) is 11.8 Å². The van der Waals surface area contributed by atoms with Crippen LogP contribution in [0.1, 0.15) is 53.3 Å². The van der Waals surface area contributed by atoms with Crippen LogP contribution in [-0.4, -0.2) is 42.4 Å². The molecule has 0 unspecified atom stereocenters. The van der Waals surface area contributed by atoms with Crippen molar-refractivity contribution in [2.75, 3.05) is 25.0 Å². The van der Waals surface area contributed by atoms with Gasteiger partial charge in [0.2, 0.25) is 0 Å². The van der Waals surface area contributed by atoms with Gasteiger partial charge in [-0.15, -0.1) is 0 Å². The van der Waals surface area contributed by atoms with E-state index in [4.69, 9.17) is 0 Å². The van der Waals surface area contributed by atoms with E-state index in [2.05, 4.69) is 22.5 Å². The lowest BCUT2D eigenvalue weighted by Gasteiger charge is -2.33. The Balaban J connectivity index is 1.53. The number of para-hydroxylation sites is 1. The minimum absolute atomic E-state index is 0.157. The van der Waals surface area contributed by atoms with Crippen LogP contribution in [0.25, 0.3) is 0 Å². The van der Waals surface area contributed by atoms with Gasteiger partial charge in [0, 0.05) is 24.7 Å². The molecule has 28 heavy (non-hydrogen) atoms. The molecule has 0 spiro atoms. The summed E-state index contributed by atoms with van der Waals surface area (Å²) in [5, 5.41) is 5.84. The highest BCUT2D eigenvalue weighted by molar-refractivity contribution is 6.08. The molecule has 3 rings (SSSR count). The Morgan fingerprint density at radius 3 is 2.54 bits per heavy atom. The highest BCUT2D eigenvalue weighted by Gasteiger charge is 2.18. The van der Waals surface area contributed by atoms with Crippen molar-refractivity contribution in [3.63, 3.8) is 0 Å². The van der Waals surface area contributed by atoms with Crippen molar-refractivity contribution in [1.82, 2.24) is 10.2 Å². The number of likely N-dealkylation sites (tertiary alicyclic amines) is 1. The molecule has 1 aliphatic heterocycles. The van der Waals surface area contributed by atoms with Gasteiger partial charge in [-0.2, -0.15) is 0 Å². The summed E-state index contributed by atoms with van der Waals surface area (Å²) in [7, 11) is 0. The number of anilines is 1. The first-order valence-corrected chi connectivity index (χ1v) is 10.1. The first-order chi connectivity index (χ1) is 13.6. The molecule has 0 bridgehead atoms. The van der Waals surface area contributed by atoms with Crippen molar-refractivity contribution in [2.45, 2.75) is 38.6 Å². The fraction of sp³-hybridized carbons (Fsp3) is 0.391. The van der Waals surface area contributed by atoms with Crippen LogP contribution in [0.2, 0.25) is 0 Å². The second-order valence-electron chi connectivity index (χ2n) is 7.36. The zero-order chi connectivity index (χ0) is 19.8. The smallest absolute Gasteiger partial charge is 0.255 e. The van der Waals surface area contributed by atoms with Crippen LogP contribution in [0, 0.1) is 0 Å². The lowest BCUT2D eigenvalue weighted by atomic mass is 10.0. The van der Waals surface area contributed by atoms with E-state index >= 15 is 0 Å². The summed E-state index contributed by atoms with van der Waals surface area (Å²) in [6.07, 6.45) is 4.78. The van der Waals surface area contributed by atoms with Gasteiger partial charge in [0.1, 0.15) is 0 Å². The number of carbonyl (C=O) groups excluding carboxylic acids is 2. The van der Waals surface area contributed by atoms with Crippen LogP contribution < -0.4 is 10.6 Å². The fourth-order valence-electron chi connectivity index (χ4n) is 3.64. The summed E-state index contributed by atoms with van der Waals surface area (Å²) in [5.74, 6) is -0.379. The molecule has 2 N–H and O–H groups in total. The van der Waals surface area contributed by atoms with E-state index in [9.17, 15) is 9.59 Å². The lowest BCUT2D eigenvalue weighted by molar-refractivity contribution is 0.0949. The van der Waals surface area contributed by atoms with Gasteiger partial charge in [0.25, 0.3) is 11.8 Å². The van der Waals surface area contributed by atoms with Gasteiger partial charge in [0.15, 0.2) is 0 Å². The van der Waals surface area contributed by atoms with E-state index in [1.165, 1.54) is 19.3 Å². The third kappa shape index (κ3) is 5.42. The molecule has 2 aromatic rings. The van der Waals surface area contributed by atoms with Crippen LogP contribution in [0.4, 0.5) is 5.69 Å². The van der Waals surface area contributed by atoms with Gasteiger partial charge in [0.05, 0.1) is 11.3 Å². The first kappa shape index (κ1) is 20.1. The maximum Gasteiger partial charge on any atom is 0.255 e. The Hall–Kier alpha value is -2.66. The van der Waals surface area contributed by atoms with Crippen molar-refractivity contribution < 1.29 is 9.59 Å². The van der Waals surface area contributed by atoms with Crippen LogP contribution in [0.5, 0.6) is 0 Å². The normalized spacial score (nSPS) is 17.1. The summed E-state index contributed by atoms with van der Waals surface area (Å²) in [4.78, 5) is 27.5. The highest BCUT2D eigenvalue weighted by atomic mass is 16.2. The maximum atomic E-state index is 12.6. The molecule has 0 aromatic heterocycles. The Morgan fingerprint density at radius 1 is 1.00 bits per heavy atom. The van der Waals surface area contributed by atoms with Gasteiger partial charge in [-0.3, -0.25) is 9.59 Å². The molecular weight excluding hydrogens is 350 g/mol. The molecule has 5 nitrogen and oxygen atoms in total. The van der Waals surface area contributed by atoms with Crippen molar-refractivity contribution in [3.05, 3.63) is 65.7 Å². The van der Waals surface area contributed by atoms with Crippen molar-refractivity contribution in [3.8, 4) is 0 Å². The SMILES string of the molecule is C[C@H]1CCCCN1CCCNC(=O)c1ccccc1NC(=O)c1ccccc1. The number of hydrogen-bond acceptors (Lipinski definition) is 3. The number of hydrogen-bond donors (Lipinski definition) is 2. The second-order valence-corrected chi connectivity index (χ2v) is 7.36. The third-order valence-corrected chi connectivity index (χ3v) is 5.30. The second kappa shape index (κ2) is 10.0. The molecule has 1 aliphatic rings. The van der Waals surface area contributed by atoms with E-state index in [0.29, 0.717) is 29.4 Å². The molecule has 2 amide bonds. The van der Waals surface area contributed by atoms with Crippen LogP contribution in [-0.2, 0) is 0 Å². The maximum absolute atomic E-state index is 12.6. The van der Waals surface area contributed by atoms with Gasteiger partial charge in [-0.25, -0.2) is 0 Å². The lowest BCUT2D eigenvalue weighted by Crippen LogP contribution is -2.39. The monoisotopic (exact) mass is 379 g/mol. The number of nitrogens with one attached hydrogen (secondary N) is 2. The fourth-order valence-corrected chi connectivity index (χ4v) is 3.64. The number of nitrogens with zero attached hydrogens (tertiary/aromatic N) is 1. The van der Waals surface area contributed by atoms with Gasteiger partial charge in [-0.05, 0) is 57.0 Å². The van der Waals surface area contributed by atoms with E-state index in [0.717, 1.165) is 19.5 Å². The zero-order valence-corrected chi connectivity index (χ0v) is 16.5. The number of benzene rings is 2. The molecule has 5 heteroatoms. The molecule has 0 aliphatic carbocycles. The topological polar surface area (TPSA) is 61.4 Å². The Labute approximate surface area is 167 Å². The number of rotatable bonds is 7. The van der Waals surface area contributed by atoms with E-state index in [1.54, 1.807) is 24.3 Å². The van der Waals surface area contributed by atoms with Crippen LogP contribution >= 0.6 is 0 Å². The highest BCUT2D eigenvalue weighted by Crippen LogP contribution is 2.17. The van der Waals surface area contributed by atoms with Crippen molar-refractivity contribution in [1.29, 1.82) is 0 Å². The Bertz CT molecular complexity index is 791. The number of piperidine rings is 1. The van der Waals surface area contributed by atoms with E-state index < -0.39 is 0 Å². The summed E-state index contributed by atoms with van der Waals surface area (Å²) >= 11 is 0. The molecular formula is C23H29N3O2. The largest absolute Gasteiger partial charge is 0.352 e. The quantitative estimate of drug-likeness (QED) is 0.717. The molecule has 1 saturated heterocycles. The van der Waals surface area contributed by atoms with Gasteiger partial charge >= 0.3 is 0 Å². The third-order valence-electron chi connectivity index (χ3n) is 5.30. The minimum Gasteiger partial charge on any atom is -0.352 e.